The number of aromatic nitrogens is 3. The minimum absolute atomic E-state index is 0.0351. The molecule has 2 aliphatic rings. The van der Waals surface area contributed by atoms with Gasteiger partial charge in [0.15, 0.2) is 5.65 Å². The van der Waals surface area contributed by atoms with E-state index in [-0.39, 0.29) is 17.2 Å². The third-order valence-corrected chi connectivity index (χ3v) is 7.38. The number of benzene rings is 1. The summed E-state index contributed by atoms with van der Waals surface area (Å²) in [5.74, 6) is -0.527. The van der Waals surface area contributed by atoms with E-state index in [1.165, 1.54) is 6.07 Å². The SMILES string of the molecule is CC(C)(C)OC(=O)Nc1cc(OC(F)(F)F)ccc1C(=O)N1CCC(c2c[nH]c3ncc(C4CCOCC4)nc23)CC1. The Morgan fingerprint density at radius 3 is 2.45 bits per heavy atom. The number of hydrogen-bond acceptors (Lipinski definition) is 7. The van der Waals surface area contributed by atoms with Gasteiger partial charge in [0.05, 0.1) is 23.1 Å². The van der Waals surface area contributed by atoms with Gasteiger partial charge in [-0.1, -0.05) is 0 Å². The van der Waals surface area contributed by atoms with Crippen LogP contribution in [0.25, 0.3) is 11.2 Å². The number of fused-ring (bicyclic) bond motifs is 1. The Kier molecular flexibility index (Phi) is 8.31. The summed E-state index contributed by atoms with van der Waals surface area (Å²) in [6, 6.07) is 3.24. The van der Waals surface area contributed by atoms with Crippen molar-refractivity contribution in [3.63, 3.8) is 0 Å². The molecule has 1 aromatic carbocycles. The van der Waals surface area contributed by atoms with E-state index in [0.717, 1.165) is 47.4 Å². The zero-order valence-electron chi connectivity index (χ0n) is 23.7. The summed E-state index contributed by atoms with van der Waals surface area (Å²) in [5, 5.41) is 2.41. The number of ether oxygens (including phenoxy) is 3. The lowest BCUT2D eigenvalue weighted by Crippen LogP contribution is -2.38. The number of anilines is 1. The van der Waals surface area contributed by atoms with E-state index < -0.39 is 29.7 Å². The zero-order valence-corrected chi connectivity index (χ0v) is 23.7. The predicted octanol–water partition coefficient (Wildman–Crippen LogP) is 6.12. The van der Waals surface area contributed by atoms with Gasteiger partial charge < -0.3 is 24.1 Å². The van der Waals surface area contributed by atoms with Gasteiger partial charge in [-0.3, -0.25) is 10.1 Å². The monoisotopic (exact) mass is 589 g/mol. The van der Waals surface area contributed by atoms with Crippen molar-refractivity contribution in [3.8, 4) is 5.75 Å². The summed E-state index contributed by atoms with van der Waals surface area (Å²) in [5.41, 5.74) is 2.63. The number of halogens is 3. The maximum Gasteiger partial charge on any atom is 0.573 e. The van der Waals surface area contributed by atoms with Crippen LogP contribution in [0.2, 0.25) is 0 Å². The normalized spacial score (nSPS) is 17.3. The first-order valence-electron chi connectivity index (χ1n) is 14.0. The van der Waals surface area contributed by atoms with E-state index in [4.69, 9.17) is 14.5 Å². The molecule has 0 spiro atoms. The van der Waals surface area contributed by atoms with Gasteiger partial charge in [-0.15, -0.1) is 13.2 Å². The quantitative estimate of drug-likeness (QED) is 0.368. The summed E-state index contributed by atoms with van der Waals surface area (Å²) in [6.07, 6.45) is 1.06. The van der Waals surface area contributed by atoms with Crippen molar-refractivity contribution in [2.45, 2.75) is 70.3 Å². The van der Waals surface area contributed by atoms with Crippen molar-refractivity contribution in [3.05, 3.63) is 47.4 Å². The highest BCUT2D eigenvalue weighted by molar-refractivity contribution is 6.03. The van der Waals surface area contributed by atoms with Gasteiger partial charge in [0.1, 0.15) is 16.9 Å². The number of carbonyl (C=O) groups is 2. The Balaban J connectivity index is 1.31. The van der Waals surface area contributed by atoms with Crippen LogP contribution in [-0.2, 0) is 9.47 Å². The van der Waals surface area contributed by atoms with E-state index in [1.54, 1.807) is 25.7 Å². The standard InChI is InChI=1S/C29H34F3N5O5/c1-28(2,3)42-27(39)36-22-14-19(41-29(30,31)32)4-5-20(22)26(38)37-10-6-17(7-11-37)21-15-33-25-24(21)35-23(16-34-25)18-8-12-40-13-9-18/h4-5,14-18H,6-13H2,1-3H3,(H,33,34)(H,36,39). The van der Waals surface area contributed by atoms with Crippen LogP contribution in [0.15, 0.2) is 30.6 Å². The summed E-state index contributed by atoms with van der Waals surface area (Å²) in [7, 11) is 0. The van der Waals surface area contributed by atoms with Crippen LogP contribution in [-0.4, -0.2) is 70.1 Å². The Labute approximate surface area is 240 Å². The van der Waals surface area contributed by atoms with Crippen molar-refractivity contribution >= 4 is 28.9 Å². The number of carbonyl (C=O) groups excluding carboxylic acids is 2. The molecule has 0 atom stereocenters. The topological polar surface area (TPSA) is 119 Å². The third-order valence-electron chi connectivity index (χ3n) is 7.38. The van der Waals surface area contributed by atoms with E-state index in [1.807, 2.05) is 12.4 Å². The van der Waals surface area contributed by atoms with Crippen molar-refractivity contribution in [1.29, 1.82) is 0 Å². The molecule has 226 valence electrons. The number of amides is 2. The number of piperidine rings is 1. The zero-order chi connectivity index (χ0) is 30.1. The molecule has 0 saturated carbocycles. The molecule has 0 aliphatic carbocycles. The molecule has 2 amide bonds. The van der Waals surface area contributed by atoms with Crippen molar-refractivity contribution in [2.24, 2.45) is 0 Å². The highest BCUT2D eigenvalue weighted by Crippen LogP contribution is 2.35. The minimum Gasteiger partial charge on any atom is -0.444 e. The van der Waals surface area contributed by atoms with Crippen LogP contribution in [0.3, 0.4) is 0 Å². The second kappa shape index (κ2) is 11.8. The van der Waals surface area contributed by atoms with Crippen molar-refractivity contribution in [1.82, 2.24) is 19.9 Å². The van der Waals surface area contributed by atoms with Gasteiger partial charge in [-0.05, 0) is 64.5 Å². The maximum atomic E-state index is 13.5. The molecule has 5 rings (SSSR count). The molecule has 2 fully saturated rings. The Hall–Kier alpha value is -3.87. The molecule has 2 aromatic heterocycles. The number of nitrogens with zero attached hydrogens (tertiary/aromatic N) is 3. The summed E-state index contributed by atoms with van der Waals surface area (Å²) in [6.45, 7) is 7.20. The highest BCUT2D eigenvalue weighted by Gasteiger charge is 2.33. The average Bonchev–Trinajstić information content (AvgIpc) is 3.35. The lowest BCUT2D eigenvalue weighted by molar-refractivity contribution is -0.274. The second-order valence-corrected chi connectivity index (χ2v) is 11.6. The van der Waals surface area contributed by atoms with Gasteiger partial charge in [0.25, 0.3) is 5.91 Å². The smallest absolute Gasteiger partial charge is 0.444 e. The predicted molar refractivity (Wildman–Crippen MR) is 148 cm³/mol. The fourth-order valence-electron chi connectivity index (χ4n) is 5.41. The molecule has 13 heteroatoms. The number of hydrogen-bond donors (Lipinski definition) is 2. The fraction of sp³-hybridized carbons (Fsp3) is 0.517. The number of H-pyrrole nitrogens is 1. The molecule has 2 N–H and O–H groups in total. The highest BCUT2D eigenvalue weighted by atomic mass is 19.4. The van der Waals surface area contributed by atoms with Crippen molar-refractivity contribution in [2.75, 3.05) is 31.6 Å². The Morgan fingerprint density at radius 2 is 1.79 bits per heavy atom. The lowest BCUT2D eigenvalue weighted by atomic mass is 9.90. The molecule has 3 aromatic rings. The number of alkyl halides is 3. The van der Waals surface area contributed by atoms with Crippen LogP contribution >= 0.6 is 0 Å². The maximum absolute atomic E-state index is 13.5. The van der Waals surface area contributed by atoms with Crippen LogP contribution in [0.1, 0.15) is 79.9 Å². The van der Waals surface area contributed by atoms with Crippen LogP contribution < -0.4 is 10.1 Å². The fourth-order valence-corrected chi connectivity index (χ4v) is 5.41. The molecule has 0 radical (unpaired) electrons. The van der Waals surface area contributed by atoms with Crippen LogP contribution in [0, 0.1) is 0 Å². The summed E-state index contributed by atoms with van der Waals surface area (Å²) >= 11 is 0. The number of aromatic amines is 1. The van der Waals surface area contributed by atoms with E-state index in [2.05, 4.69) is 20.0 Å². The largest absolute Gasteiger partial charge is 0.573 e. The van der Waals surface area contributed by atoms with Crippen molar-refractivity contribution < 1.29 is 37.0 Å². The third kappa shape index (κ3) is 7.12. The molecule has 2 saturated heterocycles. The minimum atomic E-state index is -4.94. The first kappa shape index (κ1) is 29.6. The van der Waals surface area contributed by atoms with E-state index in [9.17, 15) is 22.8 Å². The Morgan fingerprint density at radius 1 is 1.07 bits per heavy atom. The first-order valence-corrected chi connectivity index (χ1v) is 14.0. The molecular weight excluding hydrogens is 555 g/mol. The van der Waals surface area contributed by atoms with Gasteiger partial charge in [0, 0.05) is 50.0 Å². The molecule has 42 heavy (non-hydrogen) atoms. The molecular formula is C29H34F3N5O5. The molecule has 0 unspecified atom stereocenters. The molecule has 0 bridgehead atoms. The Bertz CT molecular complexity index is 1440. The van der Waals surface area contributed by atoms with Crippen LogP contribution in [0.4, 0.5) is 23.7 Å². The summed E-state index contributed by atoms with van der Waals surface area (Å²) < 4.78 is 53.3. The van der Waals surface area contributed by atoms with Gasteiger partial charge in [0.2, 0.25) is 0 Å². The average molecular weight is 590 g/mol. The lowest BCUT2D eigenvalue weighted by Gasteiger charge is -2.32. The van der Waals surface area contributed by atoms with Gasteiger partial charge in [-0.2, -0.15) is 0 Å². The number of rotatable bonds is 5. The van der Waals surface area contributed by atoms with E-state index in [0.29, 0.717) is 45.1 Å². The second-order valence-electron chi connectivity index (χ2n) is 11.6. The van der Waals surface area contributed by atoms with Gasteiger partial charge in [-0.25, -0.2) is 14.8 Å². The number of nitrogens with one attached hydrogen (secondary N) is 2. The molecule has 10 nitrogen and oxygen atoms in total. The molecule has 2 aliphatic heterocycles. The number of likely N-dealkylation sites (tertiary alicyclic amines) is 1. The summed E-state index contributed by atoms with van der Waals surface area (Å²) in [4.78, 5) is 40.4. The van der Waals surface area contributed by atoms with Gasteiger partial charge >= 0.3 is 12.5 Å². The van der Waals surface area contributed by atoms with E-state index >= 15 is 0 Å². The first-order chi connectivity index (χ1) is 19.9. The molecule has 4 heterocycles. The van der Waals surface area contributed by atoms with Crippen LogP contribution in [0.5, 0.6) is 5.75 Å².